The predicted octanol–water partition coefficient (Wildman–Crippen LogP) is 4.41. The lowest BCUT2D eigenvalue weighted by molar-refractivity contribution is -0.143. The Bertz CT molecular complexity index is 1080. The highest BCUT2D eigenvalue weighted by atomic mass is 16.5. The summed E-state index contributed by atoms with van der Waals surface area (Å²) < 4.78 is 6.71. The van der Waals surface area contributed by atoms with Gasteiger partial charge in [-0.05, 0) is 63.1 Å². The molecule has 1 saturated carbocycles. The molecule has 1 aliphatic carbocycles. The molecule has 0 atom stereocenters. The maximum absolute atomic E-state index is 13.4. The first-order chi connectivity index (χ1) is 16.8. The third-order valence-corrected chi connectivity index (χ3v) is 6.50. The molecular formula is C27H37N3O5. The number of carbonyl (C=O) groups excluding carboxylic acids is 4. The first kappa shape index (κ1) is 26.4. The Balaban J connectivity index is 1.98. The van der Waals surface area contributed by atoms with Crippen LogP contribution in [0, 0.1) is 11.8 Å². The van der Waals surface area contributed by atoms with Crippen LogP contribution in [0.2, 0.25) is 0 Å². The number of anilines is 1. The standard InChI is InChI=1S/C27H37N3O5/c1-5-13-29(15-18-9-10-18)27(34)25(32)22-16-30(17-24(31)35-8-4)23-12-11-20(14-21(22)23)28-26(33)19(6-2)7-3/h11-12,14,16,18-19H,5-10,13,15,17H2,1-4H3,(H,28,33). The van der Waals surface area contributed by atoms with Crippen LogP contribution >= 0.6 is 0 Å². The van der Waals surface area contributed by atoms with Gasteiger partial charge in [-0.2, -0.15) is 0 Å². The molecule has 1 N–H and O–H groups in total. The molecule has 1 aromatic heterocycles. The van der Waals surface area contributed by atoms with Crippen molar-refractivity contribution >= 4 is 40.2 Å². The Hall–Kier alpha value is -3.16. The van der Waals surface area contributed by atoms with Crippen molar-refractivity contribution in [1.29, 1.82) is 0 Å². The van der Waals surface area contributed by atoms with Crippen molar-refractivity contribution < 1.29 is 23.9 Å². The van der Waals surface area contributed by atoms with Gasteiger partial charge < -0.3 is 19.5 Å². The van der Waals surface area contributed by atoms with Gasteiger partial charge in [-0.15, -0.1) is 0 Å². The van der Waals surface area contributed by atoms with Crippen molar-refractivity contribution in [2.45, 2.75) is 66.3 Å². The van der Waals surface area contributed by atoms with Crippen LogP contribution in [0.25, 0.3) is 10.9 Å². The number of ether oxygens (including phenoxy) is 1. The van der Waals surface area contributed by atoms with E-state index in [0.29, 0.717) is 35.6 Å². The van der Waals surface area contributed by atoms with Gasteiger partial charge in [0, 0.05) is 41.8 Å². The number of nitrogens with one attached hydrogen (secondary N) is 1. The molecule has 0 radical (unpaired) electrons. The summed E-state index contributed by atoms with van der Waals surface area (Å²) in [6.45, 7) is 8.95. The van der Waals surface area contributed by atoms with Gasteiger partial charge >= 0.3 is 5.97 Å². The van der Waals surface area contributed by atoms with Crippen LogP contribution < -0.4 is 5.32 Å². The lowest BCUT2D eigenvalue weighted by Gasteiger charge is -2.21. The topological polar surface area (TPSA) is 97.7 Å². The molecule has 0 unspecified atom stereocenters. The van der Waals surface area contributed by atoms with E-state index in [0.717, 1.165) is 32.1 Å². The summed E-state index contributed by atoms with van der Waals surface area (Å²) >= 11 is 0. The van der Waals surface area contributed by atoms with Crippen LogP contribution in [-0.4, -0.2) is 52.7 Å². The van der Waals surface area contributed by atoms with Gasteiger partial charge in [-0.1, -0.05) is 20.8 Å². The molecule has 1 heterocycles. The fourth-order valence-corrected chi connectivity index (χ4v) is 4.35. The van der Waals surface area contributed by atoms with Crippen LogP contribution in [0.5, 0.6) is 0 Å². The van der Waals surface area contributed by atoms with E-state index in [1.54, 1.807) is 40.8 Å². The lowest BCUT2D eigenvalue weighted by Crippen LogP contribution is -2.38. The molecule has 8 nitrogen and oxygen atoms in total. The van der Waals surface area contributed by atoms with Crippen molar-refractivity contribution in [3.8, 4) is 0 Å². The average Bonchev–Trinajstić information content (AvgIpc) is 3.59. The van der Waals surface area contributed by atoms with Crippen molar-refractivity contribution in [3.05, 3.63) is 30.0 Å². The maximum Gasteiger partial charge on any atom is 0.325 e. The molecule has 1 fully saturated rings. The third kappa shape index (κ3) is 6.50. The Kier molecular flexibility index (Phi) is 9.07. The van der Waals surface area contributed by atoms with Gasteiger partial charge in [0.05, 0.1) is 12.2 Å². The smallest absolute Gasteiger partial charge is 0.325 e. The number of rotatable bonds is 13. The molecule has 1 aromatic carbocycles. The summed E-state index contributed by atoms with van der Waals surface area (Å²) in [6.07, 6.45) is 5.94. The van der Waals surface area contributed by atoms with E-state index >= 15 is 0 Å². The van der Waals surface area contributed by atoms with Crippen LogP contribution in [-0.2, 0) is 25.7 Å². The normalized spacial score (nSPS) is 13.2. The summed E-state index contributed by atoms with van der Waals surface area (Å²) in [7, 11) is 0. The lowest BCUT2D eigenvalue weighted by atomic mass is 10.0. The highest BCUT2D eigenvalue weighted by molar-refractivity contribution is 6.45. The van der Waals surface area contributed by atoms with E-state index in [1.165, 1.54) is 0 Å². The number of hydrogen-bond acceptors (Lipinski definition) is 5. The number of amides is 2. The first-order valence-corrected chi connectivity index (χ1v) is 12.8. The van der Waals surface area contributed by atoms with E-state index in [1.807, 2.05) is 20.8 Å². The highest BCUT2D eigenvalue weighted by Gasteiger charge is 2.31. The summed E-state index contributed by atoms with van der Waals surface area (Å²) in [6, 6.07) is 5.21. The van der Waals surface area contributed by atoms with Crippen molar-refractivity contribution in [2.24, 2.45) is 11.8 Å². The fourth-order valence-electron chi connectivity index (χ4n) is 4.35. The minimum absolute atomic E-state index is 0.0774. The number of ketones is 1. The number of nitrogens with zero attached hydrogens (tertiary/aromatic N) is 2. The van der Waals surface area contributed by atoms with E-state index < -0.39 is 17.7 Å². The Morgan fingerprint density at radius 1 is 1.11 bits per heavy atom. The second-order valence-electron chi connectivity index (χ2n) is 9.23. The van der Waals surface area contributed by atoms with Crippen LogP contribution in [0.3, 0.4) is 0 Å². The van der Waals surface area contributed by atoms with Crippen molar-refractivity contribution in [1.82, 2.24) is 9.47 Å². The number of aromatic nitrogens is 1. The summed E-state index contributed by atoms with van der Waals surface area (Å²) in [5.74, 6) is -1.28. The van der Waals surface area contributed by atoms with Crippen LogP contribution in [0.1, 0.15) is 70.2 Å². The molecule has 0 saturated heterocycles. The molecular weight excluding hydrogens is 446 g/mol. The zero-order valence-electron chi connectivity index (χ0n) is 21.3. The molecule has 2 aromatic rings. The summed E-state index contributed by atoms with van der Waals surface area (Å²) in [5.41, 5.74) is 1.40. The van der Waals surface area contributed by atoms with Gasteiger partial charge in [0.1, 0.15) is 6.54 Å². The number of benzene rings is 1. The molecule has 8 heteroatoms. The summed E-state index contributed by atoms with van der Waals surface area (Å²) in [4.78, 5) is 53.1. The molecule has 2 amide bonds. The number of Topliss-reactive ketones (excluding diaryl/α,β-unsaturated/α-hetero) is 1. The fraction of sp³-hybridized carbons (Fsp3) is 0.556. The average molecular weight is 484 g/mol. The Morgan fingerprint density at radius 3 is 2.43 bits per heavy atom. The molecule has 1 aliphatic rings. The van der Waals surface area contributed by atoms with E-state index in [2.05, 4.69) is 5.32 Å². The quantitative estimate of drug-likeness (QED) is 0.259. The van der Waals surface area contributed by atoms with Gasteiger partial charge in [0.15, 0.2) is 0 Å². The third-order valence-electron chi connectivity index (χ3n) is 6.50. The Morgan fingerprint density at radius 2 is 1.83 bits per heavy atom. The molecule has 190 valence electrons. The first-order valence-electron chi connectivity index (χ1n) is 12.8. The minimum atomic E-state index is -0.602. The number of esters is 1. The highest BCUT2D eigenvalue weighted by Crippen LogP contribution is 2.31. The zero-order chi connectivity index (χ0) is 25.5. The van der Waals surface area contributed by atoms with Crippen LogP contribution in [0.15, 0.2) is 24.4 Å². The molecule has 0 aliphatic heterocycles. The van der Waals surface area contributed by atoms with Gasteiger partial charge in [0.25, 0.3) is 11.7 Å². The van der Waals surface area contributed by atoms with E-state index in [4.69, 9.17) is 4.74 Å². The SMILES string of the molecule is CCCN(CC1CC1)C(=O)C(=O)c1cn(CC(=O)OCC)c2ccc(NC(=O)C(CC)CC)cc12. The second kappa shape index (κ2) is 12.0. The molecule has 35 heavy (non-hydrogen) atoms. The van der Waals surface area contributed by atoms with Crippen molar-refractivity contribution in [3.63, 3.8) is 0 Å². The number of carbonyl (C=O) groups is 4. The summed E-state index contributed by atoms with van der Waals surface area (Å²) in [5, 5.41) is 3.46. The number of hydrogen-bond donors (Lipinski definition) is 1. The minimum Gasteiger partial charge on any atom is -0.465 e. The molecule has 3 rings (SSSR count). The predicted molar refractivity (Wildman–Crippen MR) is 135 cm³/mol. The second-order valence-corrected chi connectivity index (χ2v) is 9.23. The van der Waals surface area contributed by atoms with Gasteiger partial charge in [-0.3, -0.25) is 19.2 Å². The monoisotopic (exact) mass is 483 g/mol. The maximum atomic E-state index is 13.4. The van der Waals surface area contributed by atoms with Crippen LogP contribution in [0.4, 0.5) is 5.69 Å². The van der Waals surface area contributed by atoms with Gasteiger partial charge in [-0.25, -0.2) is 0 Å². The Labute approximate surface area is 207 Å². The molecule has 0 bridgehead atoms. The van der Waals surface area contributed by atoms with Gasteiger partial charge in [0.2, 0.25) is 5.91 Å². The zero-order valence-corrected chi connectivity index (χ0v) is 21.3. The van der Waals surface area contributed by atoms with E-state index in [9.17, 15) is 19.2 Å². The van der Waals surface area contributed by atoms with Crippen molar-refractivity contribution in [2.75, 3.05) is 25.0 Å². The molecule has 0 spiro atoms. The number of fused-ring (bicyclic) bond motifs is 1. The largest absolute Gasteiger partial charge is 0.465 e. The van der Waals surface area contributed by atoms with E-state index in [-0.39, 0.29) is 30.5 Å².